The summed E-state index contributed by atoms with van der Waals surface area (Å²) in [6, 6.07) is 6.46. The van der Waals surface area contributed by atoms with Crippen molar-refractivity contribution in [3.8, 4) is 0 Å². The van der Waals surface area contributed by atoms with Crippen molar-refractivity contribution in [2.45, 2.75) is 12.8 Å². The van der Waals surface area contributed by atoms with E-state index in [0.717, 1.165) is 38.2 Å². The van der Waals surface area contributed by atoms with E-state index in [4.69, 9.17) is 0 Å². The highest BCUT2D eigenvalue weighted by molar-refractivity contribution is 5.81. The molecular weight excluding hydrogens is 335 g/mol. The van der Waals surface area contributed by atoms with Crippen LogP contribution in [-0.4, -0.2) is 80.0 Å². The monoisotopic (exact) mass is 362 g/mol. The van der Waals surface area contributed by atoms with Crippen molar-refractivity contribution >= 4 is 17.6 Å². The SMILES string of the molecule is CN(C)C(=O)N1CCCC(C(=O)N2CCN(c3ccc(F)cc3)CC2)C1. The number of anilines is 1. The lowest BCUT2D eigenvalue weighted by Gasteiger charge is -2.40. The summed E-state index contributed by atoms with van der Waals surface area (Å²) in [5.74, 6) is -0.193. The predicted molar refractivity (Wildman–Crippen MR) is 98.6 cm³/mol. The Morgan fingerprint density at radius 2 is 1.65 bits per heavy atom. The van der Waals surface area contributed by atoms with Gasteiger partial charge in [-0.3, -0.25) is 4.79 Å². The van der Waals surface area contributed by atoms with Crippen LogP contribution in [0.5, 0.6) is 0 Å². The molecule has 2 saturated heterocycles. The maximum absolute atomic E-state index is 13.1. The van der Waals surface area contributed by atoms with Gasteiger partial charge in [-0.05, 0) is 37.1 Å². The second-order valence-corrected chi connectivity index (χ2v) is 7.25. The van der Waals surface area contributed by atoms with Crippen LogP contribution in [0.15, 0.2) is 24.3 Å². The summed E-state index contributed by atoms with van der Waals surface area (Å²) >= 11 is 0. The van der Waals surface area contributed by atoms with Gasteiger partial charge in [-0.25, -0.2) is 9.18 Å². The van der Waals surface area contributed by atoms with Gasteiger partial charge in [-0.2, -0.15) is 0 Å². The van der Waals surface area contributed by atoms with E-state index in [1.807, 2.05) is 4.90 Å². The molecule has 0 bridgehead atoms. The van der Waals surface area contributed by atoms with Crippen molar-refractivity contribution in [2.24, 2.45) is 5.92 Å². The molecule has 0 N–H and O–H groups in total. The van der Waals surface area contributed by atoms with Crippen LogP contribution in [0, 0.1) is 11.7 Å². The van der Waals surface area contributed by atoms with E-state index < -0.39 is 0 Å². The standard InChI is InChI=1S/C19H27FN4O2/c1-21(2)19(26)24-9-3-4-15(14-24)18(25)23-12-10-22(11-13-23)17-7-5-16(20)6-8-17/h5-8,15H,3-4,9-14H2,1-2H3. The molecule has 1 unspecified atom stereocenters. The number of halogens is 1. The van der Waals surface area contributed by atoms with E-state index in [9.17, 15) is 14.0 Å². The molecular formula is C19H27FN4O2. The topological polar surface area (TPSA) is 47.1 Å². The van der Waals surface area contributed by atoms with E-state index in [2.05, 4.69) is 4.90 Å². The van der Waals surface area contributed by atoms with Crippen LogP contribution in [0.25, 0.3) is 0 Å². The average Bonchev–Trinajstić information content (AvgIpc) is 2.67. The summed E-state index contributed by atoms with van der Waals surface area (Å²) in [4.78, 5) is 32.5. The van der Waals surface area contributed by atoms with Gasteiger partial charge in [0.2, 0.25) is 5.91 Å². The van der Waals surface area contributed by atoms with Crippen LogP contribution in [0.4, 0.5) is 14.9 Å². The van der Waals surface area contributed by atoms with Crippen LogP contribution in [0.3, 0.4) is 0 Å². The molecule has 1 atom stereocenters. The minimum Gasteiger partial charge on any atom is -0.368 e. The van der Waals surface area contributed by atoms with Gasteiger partial charge in [0.25, 0.3) is 0 Å². The van der Waals surface area contributed by atoms with Crippen molar-refractivity contribution in [1.29, 1.82) is 0 Å². The Bertz CT molecular complexity index is 641. The number of hydrogen-bond donors (Lipinski definition) is 0. The largest absolute Gasteiger partial charge is 0.368 e. The number of urea groups is 1. The number of piperidine rings is 1. The normalized spacial score (nSPS) is 20.9. The fraction of sp³-hybridized carbons (Fsp3) is 0.579. The Kier molecular flexibility index (Phi) is 5.64. The highest BCUT2D eigenvalue weighted by atomic mass is 19.1. The van der Waals surface area contributed by atoms with Gasteiger partial charge in [0.1, 0.15) is 5.82 Å². The lowest BCUT2D eigenvalue weighted by atomic mass is 9.96. The molecule has 6 nitrogen and oxygen atoms in total. The molecule has 7 heteroatoms. The van der Waals surface area contributed by atoms with E-state index >= 15 is 0 Å². The van der Waals surface area contributed by atoms with Crippen LogP contribution in [0.1, 0.15) is 12.8 Å². The fourth-order valence-corrected chi connectivity index (χ4v) is 3.73. The van der Waals surface area contributed by atoms with Crippen LogP contribution in [-0.2, 0) is 4.79 Å². The second kappa shape index (κ2) is 7.93. The Balaban J connectivity index is 1.54. The molecule has 2 aliphatic heterocycles. The maximum atomic E-state index is 13.1. The van der Waals surface area contributed by atoms with Crippen LogP contribution in [0.2, 0.25) is 0 Å². The van der Waals surface area contributed by atoms with E-state index in [0.29, 0.717) is 19.6 Å². The first-order valence-corrected chi connectivity index (χ1v) is 9.21. The predicted octanol–water partition coefficient (Wildman–Crippen LogP) is 1.87. The molecule has 0 aromatic heterocycles. The molecule has 142 valence electrons. The summed E-state index contributed by atoms with van der Waals surface area (Å²) in [5.41, 5.74) is 0.985. The number of hydrogen-bond acceptors (Lipinski definition) is 3. The van der Waals surface area contributed by atoms with Crippen molar-refractivity contribution in [3.63, 3.8) is 0 Å². The zero-order valence-electron chi connectivity index (χ0n) is 15.5. The molecule has 1 aromatic carbocycles. The third kappa shape index (κ3) is 4.08. The first-order valence-electron chi connectivity index (χ1n) is 9.21. The van der Waals surface area contributed by atoms with Crippen molar-refractivity contribution < 1.29 is 14.0 Å². The smallest absolute Gasteiger partial charge is 0.319 e. The van der Waals surface area contributed by atoms with Crippen molar-refractivity contribution in [1.82, 2.24) is 14.7 Å². The Morgan fingerprint density at radius 3 is 2.27 bits per heavy atom. The Morgan fingerprint density at radius 1 is 1.00 bits per heavy atom. The second-order valence-electron chi connectivity index (χ2n) is 7.25. The van der Waals surface area contributed by atoms with Gasteiger partial charge in [0.05, 0.1) is 5.92 Å². The average molecular weight is 362 g/mol. The molecule has 3 amide bonds. The molecule has 0 spiro atoms. The number of piperazine rings is 1. The number of carbonyl (C=O) groups excluding carboxylic acids is 2. The molecule has 2 heterocycles. The minimum absolute atomic E-state index is 0.0244. The number of amides is 3. The van der Waals surface area contributed by atoms with Gasteiger partial charge in [0, 0.05) is 59.1 Å². The lowest BCUT2D eigenvalue weighted by molar-refractivity contribution is -0.137. The first-order chi connectivity index (χ1) is 12.5. The molecule has 2 aliphatic rings. The molecule has 1 aromatic rings. The zero-order chi connectivity index (χ0) is 18.7. The first kappa shape index (κ1) is 18.5. The van der Waals surface area contributed by atoms with Gasteiger partial charge in [0.15, 0.2) is 0 Å². The van der Waals surface area contributed by atoms with Crippen LogP contribution >= 0.6 is 0 Å². The van der Waals surface area contributed by atoms with Gasteiger partial charge >= 0.3 is 6.03 Å². The summed E-state index contributed by atoms with van der Waals surface area (Å²) in [7, 11) is 3.48. The van der Waals surface area contributed by atoms with Crippen molar-refractivity contribution in [2.75, 3.05) is 58.3 Å². The Labute approximate surface area is 154 Å². The summed E-state index contributed by atoms with van der Waals surface area (Å²) in [6.07, 6.45) is 1.71. The zero-order valence-corrected chi connectivity index (χ0v) is 15.5. The van der Waals surface area contributed by atoms with Gasteiger partial charge < -0.3 is 19.6 Å². The van der Waals surface area contributed by atoms with Crippen molar-refractivity contribution in [3.05, 3.63) is 30.1 Å². The number of rotatable bonds is 2. The molecule has 0 saturated carbocycles. The molecule has 3 rings (SSSR count). The number of carbonyl (C=O) groups is 2. The number of likely N-dealkylation sites (tertiary alicyclic amines) is 1. The van der Waals surface area contributed by atoms with Crippen LogP contribution < -0.4 is 4.90 Å². The maximum Gasteiger partial charge on any atom is 0.319 e. The molecule has 0 aliphatic carbocycles. The summed E-state index contributed by atoms with van der Waals surface area (Å²) in [6.45, 7) is 4.03. The molecule has 26 heavy (non-hydrogen) atoms. The lowest BCUT2D eigenvalue weighted by Crippen LogP contribution is -2.53. The fourth-order valence-electron chi connectivity index (χ4n) is 3.73. The molecule has 0 radical (unpaired) electrons. The summed E-state index contributed by atoms with van der Waals surface area (Å²) < 4.78 is 13.1. The quantitative estimate of drug-likeness (QED) is 0.807. The van der Waals surface area contributed by atoms with E-state index in [1.54, 1.807) is 36.0 Å². The Hall–Kier alpha value is -2.31. The highest BCUT2D eigenvalue weighted by Crippen LogP contribution is 2.22. The number of benzene rings is 1. The van der Waals surface area contributed by atoms with Gasteiger partial charge in [-0.15, -0.1) is 0 Å². The molecule has 2 fully saturated rings. The van der Waals surface area contributed by atoms with E-state index in [-0.39, 0.29) is 23.7 Å². The van der Waals surface area contributed by atoms with Gasteiger partial charge in [-0.1, -0.05) is 0 Å². The third-order valence-electron chi connectivity index (χ3n) is 5.21. The number of nitrogens with zero attached hydrogens (tertiary/aromatic N) is 4. The third-order valence-corrected chi connectivity index (χ3v) is 5.21. The van der Waals surface area contributed by atoms with E-state index in [1.165, 1.54) is 12.1 Å². The highest BCUT2D eigenvalue weighted by Gasteiger charge is 2.33. The minimum atomic E-state index is -0.239. The summed E-state index contributed by atoms with van der Waals surface area (Å²) in [5, 5.41) is 0.